The quantitative estimate of drug-likeness (QED) is 0.587. The summed E-state index contributed by atoms with van der Waals surface area (Å²) in [5.74, 6) is 0.548. The minimum absolute atomic E-state index is 0.175. The highest BCUT2D eigenvalue weighted by atomic mass is 19.1. The molecule has 2 aliphatic heterocycles. The Hall–Kier alpha value is -3.59. The maximum atomic E-state index is 15.2. The number of rotatable bonds is 5. The number of nitrogen functional groups attached to an aromatic ring is 1. The molecule has 5 rings (SSSR count). The Bertz CT molecular complexity index is 1210. The fourth-order valence-electron chi connectivity index (χ4n) is 4.58. The van der Waals surface area contributed by atoms with E-state index in [2.05, 4.69) is 10.4 Å². The van der Waals surface area contributed by atoms with Crippen LogP contribution in [0.2, 0.25) is 0 Å². The minimum atomic E-state index is -0.443. The number of carbonyl (C=O) groups excluding carboxylic acids is 1. The molecule has 3 aromatic rings. The number of aromatic nitrogens is 2. The minimum Gasteiger partial charge on any atom is -0.497 e. The molecule has 2 amide bonds. The van der Waals surface area contributed by atoms with E-state index < -0.39 is 5.82 Å². The van der Waals surface area contributed by atoms with Crippen molar-refractivity contribution in [3.63, 3.8) is 0 Å². The van der Waals surface area contributed by atoms with Gasteiger partial charge in [0.15, 0.2) is 5.82 Å². The molecule has 34 heavy (non-hydrogen) atoms. The zero-order valence-corrected chi connectivity index (χ0v) is 19.1. The monoisotopic (exact) mass is 465 g/mol. The second-order valence-corrected chi connectivity index (χ2v) is 8.60. The molecule has 0 radical (unpaired) electrons. The van der Waals surface area contributed by atoms with Gasteiger partial charge in [-0.25, -0.2) is 13.9 Å². The van der Waals surface area contributed by atoms with E-state index in [9.17, 15) is 4.79 Å². The van der Waals surface area contributed by atoms with E-state index >= 15 is 4.39 Å². The lowest BCUT2D eigenvalue weighted by atomic mass is 10.0. The molecule has 1 saturated heterocycles. The van der Waals surface area contributed by atoms with Gasteiger partial charge < -0.3 is 20.5 Å². The highest BCUT2D eigenvalue weighted by molar-refractivity contribution is 5.95. The molecule has 1 aromatic heterocycles. The SMILES string of the molecule is COc1cccc(CNC(=O)N2CCc3cc(-c4cn(C5CCCCO5)nc4N)c(F)cc32)c1. The first-order chi connectivity index (χ1) is 16.5. The van der Waals surface area contributed by atoms with Gasteiger partial charge >= 0.3 is 6.03 Å². The molecule has 0 saturated carbocycles. The predicted molar refractivity (Wildman–Crippen MR) is 127 cm³/mol. The Morgan fingerprint density at radius 3 is 2.97 bits per heavy atom. The molecule has 178 valence electrons. The van der Waals surface area contributed by atoms with Crippen LogP contribution in [0.1, 0.15) is 36.6 Å². The third-order valence-electron chi connectivity index (χ3n) is 6.39. The van der Waals surface area contributed by atoms with Crippen molar-refractivity contribution in [3.8, 4) is 16.9 Å². The number of nitrogens with two attached hydrogens (primary N) is 1. The number of fused-ring (bicyclic) bond motifs is 1. The van der Waals surface area contributed by atoms with Crippen molar-refractivity contribution >= 4 is 17.5 Å². The first-order valence-electron chi connectivity index (χ1n) is 11.5. The molecule has 8 nitrogen and oxygen atoms in total. The molecule has 2 aromatic carbocycles. The Labute approximate surface area is 197 Å². The molecule has 0 bridgehead atoms. The van der Waals surface area contributed by atoms with Crippen LogP contribution in [0.3, 0.4) is 0 Å². The van der Waals surface area contributed by atoms with Gasteiger partial charge in [-0.1, -0.05) is 12.1 Å². The van der Waals surface area contributed by atoms with Crippen LogP contribution in [0.25, 0.3) is 11.1 Å². The first-order valence-corrected chi connectivity index (χ1v) is 11.5. The molecular formula is C25H28FN5O3. The van der Waals surface area contributed by atoms with Crippen LogP contribution in [0, 0.1) is 5.82 Å². The number of halogens is 1. The summed E-state index contributed by atoms with van der Waals surface area (Å²) in [4.78, 5) is 14.4. The van der Waals surface area contributed by atoms with Crippen molar-refractivity contribution in [2.24, 2.45) is 0 Å². The van der Waals surface area contributed by atoms with Crippen molar-refractivity contribution in [1.82, 2.24) is 15.1 Å². The maximum Gasteiger partial charge on any atom is 0.322 e. The van der Waals surface area contributed by atoms with Crippen LogP contribution in [-0.2, 0) is 17.7 Å². The zero-order chi connectivity index (χ0) is 23.7. The van der Waals surface area contributed by atoms with Gasteiger partial charge in [-0.15, -0.1) is 0 Å². The molecule has 0 aliphatic carbocycles. The number of methoxy groups -OCH3 is 1. The number of anilines is 2. The molecule has 3 heterocycles. The largest absolute Gasteiger partial charge is 0.497 e. The zero-order valence-electron chi connectivity index (χ0n) is 19.1. The number of nitrogens with one attached hydrogen (secondary N) is 1. The van der Waals surface area contributed by atoms with Gasteiger partial charge in [0.1, 0.15) is 17.8 Å². The van der Waals surface area contributed by atoms with E-state index in [0.717, 1.165) is 36.1 Å². The highest BCUT2D eigenvalue weighted by Crippen LogP contribution is 2.37. The van der Waals surface area contributed by atoms with Gasteiger partial charge in [-0.05, 0) is 61.1 Å². The van der Waals surface area contributed by atoms with Crippen molar-refractivity contribution in [2.45, 2.75) is 38.5 Å². The fourth-order valence-corrected chi connectivity index (χ4v) is 4.58. The van der Waals surface area contributed by atoms with Crippen molar-refractivity contribution in [1.29, 1.82) is 0 Å². The fraction of sp³-hybridized carbons (Fsp3) is 0.360. The molecule has 3 N–H and O–H groups in total. The smallest absolute Gasteiger partial charge is 0.322 e. The number of ether oxygens (including phenoxy) is 2. The van der Waals surface area contributed by atoms with Crippen LogP contribution in [0.4, 0.5) is 20.7 Å². The standard InChI is InChI=1S/C25H28FN5O3/c1-33-18-6-4-5-16(11-18)14-28-25(32)30-9-8-17-12-19(21(26)13-22(17)30)20-15-31(29-24(20)27)23-7-2-3-10-34-23/h4-6,11-13,15,23H,2-3,7-10,14H2,1H3,(H2,27,29)(H,28,32). The van der Waals surface area contributed by atoms with Gasteiger partial charge in [0.05, 0.1) is 12.8 Å². The summed E-state index contributed by atoms with van der Waals surface area (Å²) < 4.78 is 27.9. The lowest BCUT2D eigenvalue weighted by Crippen LogP contribution is -2.38. The average molecular weight is 466 g/mol. The third kappa shape index (κ3) is 4.31. The van der Waals surface area contributed by atoms with Gasteiger partial charge in [0.2, 0.25) is 0 Å². The normalized spacial score (nSPS) is 17.5. The number of carbonyl (C=O) groups is 1. The lowest BCUT2D eigenvalue weighted by Gasteiger charge is -2.22. The van der Waals surface area contributed by atoms with E-state index in [-0.39, 0.29) is 18.1 Å². The number of hydrogen-bond donors (Lipinski definition) is 2. The number of hydrogen-bond acceptors (Lipinski definition) is 5. The second-order valence-electron chi connectivity index (χ2n) is 8.60. The Balaban J connectivity index is 1.33. The van der Waals surface area contributed by atoms with E-state index in [1.165, 1.54) is 6.07 Å². The summed E-state index contributed by atoms with van der Waals surface area (Å²) in [5.41, 5.74) is 9.46. The average Bonchev–Trinajstić information content (AvgIpc) is 3.45. The third-order valence-corrected chi connectivity index (χ3v) is 6.39. The summed E-state index contributed by atoms with van der Waals surface area (Å²) in [5, 5.41) is 7.28. The van der Waals surface area contributed by atoms with Crippen molar-refractivity contribution in [2.75, 3.05) is 30.9 Å². The van der Waals surface area contributed by atoms with Crippen molar-refractivity contribution in [3.05, 3.63) is 59.5 Å². The number of benzene rings is 2. The first kappa shape index (κ1) is 22.2. The Morgan fingerprint density at radius 1 is 1.29 bits per heavy atom. The molecule has 0 spiro atoms. The van der Waals surface area contributed by atoms with Crippen LogP contribution < -0.4 is 20.7 Å². The predicted octanol–water partition coefficient (Wildman–Crippen LogP) is 4.25. The molecular weight excluding hydrogens is 437 g/mol. The van der Waals surface area contributed by atoms with Gasteiger partial charge in [0.25, 0.3) is 0 Å². The summed E-state index contributed by atoms with van der Waals surface area (Å²) in [6.45, 7) is 1.51. The summed E-state index contributed by atoms with van der Waals surface area (Å²) in [7, 11) is 1.60. The van der Waals surface area contributed by atoms with Crippen LogP contribution in [0.5, 0.6) is 5.75 Å². The van der Waals surface area contributed by atoms with E-state index in [0.29, 0.717) is 42.9 Å². The molecule has 9 heteroatoms. The second kappa shape index (κ2) is 9.34. The van der Waals surface area contributed by atoms with E-state index in [1.54, 1.807) is 29.0 Å². The van der Waals surface area contributed by atoms with Crippen LogP contribution in [0.15, 0.2) is 42.6 Å². The summed E-state index contributed by atoms with van der Waals surface area (Å²) >= 11 is 0. The summed E-state index contributed by atoms with van der Waals surface area (Å²) in [6.07, 6.45) is 5.16. The number of nitrogens with zero attached hydrogens (tertiary/aromatic N) is 3. The topological polar surface area (TPSA) is 94.6 Å². The van der Waals surface area contributed by atoms with Gasteiger partial charge in [-0.2, -0.15) is 5.10 Å². The lowest BCUT2D eigenvalue weighted by molar-refractivity contribution is -0.0392. The van der Waals surface area contributed by atoms with E-state index in [1.807, 2.05) is 24.3 Å². The Morgan fingerprint density at radius 2 is 2.18 bits per heavy atom. The van der Waals surface area contributed by atoms with Gasteiger partial charge in [-0.3, -0.25) is 4.90 Å². The number of amides is 2. The number of urea groups is 1. The Kier molecular flexibility index (Phi) is 6.10. The van der Waals surface area contributed by atoms with Crippen LogP contribution >= 0.6 is 0 Å². The van der Waals surface area contributed by atoms with Crippen LogP contribution in [-0.4, -0.2) is 36.1 Å². The van der Waals surface area contributed by atoms with E-state index in [4.69, 9.17) is 15.2 Å². The molecule has 2 aliphatic rings. The maximum absolute atomic E-state index is 15.2. The van der Waals surface area contributed by atoms with Crippen molar-refractivity contribution < 1.29 is 18.7 Å². The molecule has 1 atom stereocenters. The highest BCUT2D eigenvalue weighted by Gasteiger charge is 2.28. The van der Waals surface area contributed by atoms with Gasteiger partial charge in [0, 0.05) is 37.0 Å². The summed E-state index contributed by atoms with van der Waals surface area (Å²) in [6, 6.07) is 10.4. The molecule has 1 fully saturated rings. The molecule has 1 unspecified atom stereocenters.